The maximum atomic E-state index is 13.7. The molecular formula is C22H23FN4O2. The molecule has 0 aliphatic rings. The summed E-state index contributed by atoms with van der Waals surface area (Å²) >= 11 is 0. The Balaban J connectivity index is 1.57. The summed E-state index contributed by atoms with van der Waals surface area (Å²) in [5, 5.41) is 5.81. The molecular weight excluding hydrogens is 371 g/mol. The van der Waals surface area contributed by atoms with Crippen molar-refractivity contribution < 1.29 is 13.9 Å². The van der Waals surface area contributed by atoms with Crippen LogP contribution in [0.5, 0.6) is 5.75 Å². The van der Waals surface area contributed by atoms with Gasteiger partial charge in [0.1, 0.15) is 17.3 Å². The van der Waals surface area contributed by atoms with Gasteiger partial charge in [-0.1, -0.05) is 18.2 Å². The molecule has 3 aromatic rings. The molecule has 150 valence electrons. The Morgan fingerprint density at radius 3 is 2.59 bits per heavy atom. The number of anilines is 2. The number of rotatable bonds is 8. The van der Waals surface area contributed by atoms with Gasteiger partial charge in [0.15, 0.2) is 0 Å². The molecule has 1 amide bonds. The number of hydrogen-bond acceptors (Lipinski definition) is 5. The Morgan fingerprint density at radius 2 is 1.86 bits per heavy atom. The first-order valence-electron chi connectivity index (χ1n) is 9.39. The van der Waals surface area contributed by atoms with Gasteiger partial charge in [-0.15, -0.1) is 0 Å². The highest BCUT2D eigenvalue weighted by Gasteiger charge is 2.10. The molecule has 0 unspecified atom stereocenters. The fourth-order valence-electron chi connectivity index (χ4n) is 2.66. The predicted octanol–water partition coefficient (Wildman–Crippen LogP) is 4.31. The lowest BCUT2D eigenvalue weighted by Gasteiger charge is -2.11. The molecule has 7 heteroatoms. The van der Waals surface area contributed by atoms with Gasteiger partial charge < -0.3 is 15.4 Å². The van der Waals surface area contributed by atoms with Gasteiger partial charge in [-0.25, -0.2) is 14.4 Å². The number of nitrogens with zero attached hydrogens (tertiary/aromatic N) is 2. The van der Waals surface area contributed by atoms with Crippen LogP contribution >= 0.6 is 0 Å². The summed E-state index contributed by atoms with van der Waals surface area (Å²) in [6, 6.07) is 15.3. The average Bonchev–Trinajstić information content (AvgIpc) is 2.71. The highest BCUT2D eigenvalue weighted by atomic mass is 19.1. The van der Waals surface area contributed by atoms with Crippen molar-refractivity contribution in [1.82, 2.24) is 9.97 Å². The Kier molecular flexibility index (Phi) is 6.73. The van der Waals surface area contributed by atoms with E-state index in [0.29, 0.717) is 30.2 Å². The van der Waals surface area contributed by atoms with Crippen molar-refractivity contribution in [3.63, 3.8) is 0 Å². The quantitative estimate of drug-likeness (QED) is 0.595. The minimum absolute atomic E-state index is 0.0840. The normalized spacial score (nSPS) is 10.6. The Labute approximate surface area is 169 Å². The smallest absolute Gasteiger partial charge is 0.274 e. The highest BCUT2D eigenvalue weighted by molar-refractivity contribution is 6.02. The van der Waals surface area contributed by atoms with Gasteiger partial charge in [-0.3, -0.25) is 4.79 Å². The molecule has 0 fully saturated rings. The fourth-order valence-corrected chi connectivity index (χ4v) is 2.66. The van der Waals surface area contributed by atoms with Crippen molar-refractivity contribution >= 4 is 17.5 Å². The van der Waals surface area contributed by atoms with Gasteiger partial charge in [-0.05, 0) is 62.2 Å². The van der Waals surface area contributed by atoms with Crippen molar-refractivity contribution in [3.05, 3.63) is 77.9 Å². The third kappa shape index (κ3) is 6.00. The zero-order chi connectivity index (χ0) is 20.6. The molecule has 29 heavy (non-hydrogen) atoms. The number of benzene rings is 2. The van der Waals surface area contributed by atoms with Gasteiger partial charge in [0.2, 0.25) is 5.95 Å². The van der Waals surface area contributed by atoms with E-state index >= 15 is 0 Å². The van der Waals surface area contributed by atoms with Gasteiger partial charge in [-0.2, -0.15) is 0 Å². The van der Waals surface area contributed by atoms with E-state index in [1.54, 1.807) is 42.5 Å². The number of ether oxygens (including phenoxy) is 1. The zero-order valence-corrected chi connectivity index (χ0v) is 16.4. The van der Waals surface area contributed by atoms with Crippen LogP contribution in [0.15, 0.2) is 60.8 Å². The fraction of sp³-hybridized carbons (Fsp3) is 0.227. The summed E-state index contributed by atoms with van der Waals surface area (Å²) in [4.78, 5) is 20.8. The summed E-state index contributed by atoms with van der Waals surface area (Å²) in [6.07, 6.45) is 2.07. The molecule has 0 saturated carbocycles. The topological polar surface area (TPSA) is 76.1 Å². The molecule has 0 aliphatic heterocycles. The molecule has 0 spiro atoms. The SMILES string of the molecule is CC(C)Oc1ccc(NC(=O)c2ccnc(NCCc3ccccc3F)n2)cc1. The molecule has 1 heterocycles. The predicted molar refractivity (Wildman–Crippen MR) is 111 cm³/mol. The molecule has 0 aliphatic carbocycles. The number of aromatic nitrogens is 2. The van der Waals surface area contributed by atoms with Crippen molar-refractivity contribution in [3.8, 4) is 5.75 Å². The molecule has 0 radical (unpaired) electrons. The summed E-state index contributed by atoms with van der Waals surface area (Å²) in [6.45, 7) is 4.35. The molecule has 6 nitrogen and oxygen atoms in total. The van der Waals surface area contributed by atoms with Crippen LogP contribution in [-0.4, -0.2) is 28.5 Å². The van der Waals surface area contributed by atoms with E-state index in [2.05, 4.69) is 20.6 Å². The molecule has 0 bridgehead atoms. The molecule has 1 aromatic heterocycles. The Hall–Kier alpha value is -3.48. The third-order valence-corrected chi connectivity index (χ3v) is 4.01. The van der Waals surface area contributed by atoms with Crippen LogP contribution in [0.2, 0.25) is 0 Å². The van der Waals surface area contributed by atoms with Crippen LogP contribution in [0.25, 0.3) is 0 Å². The lowest BCUT2D eigenvalue weighted by atomic mass is 10.1. The van der Waals surface area contributed by atoms with E-state index in [9.17, 15) is 9.18 Å². The van der Waals surface area contributed by atoms with Gasteiger partial charge >= 0.3 is 0 Å². The van der Waals surface area contributed by atoms with Gasteiger partial charge in [0.05, 0.1) is 6.10 Å². The number of amides is 1. The lowest BCUT2D eigenvalue weighted by Crippen LogP contribution is -2.16. The van der Waals surface area contributed by atoms with Crippen LogP contribution in [-0.2, 0) is 6.42 Å². The summed E-state index contributed by atoms with van der Waals surface area (Å²) in [5.41, 5.74) is 1.48. The first-order chi connectivity index (χ1) is 14.0. The van der Waals surface area contributed by atoms with E-state index in [-0.39, 0.29) is 23.5 Å². The molecule has 2 N–H and O–H groups in total. The second-order valence-corrected chi connectivity index (χ2v) is 6.68. The van der Waals surface area contributed by atoms with Gasteiger partial charge in [0, 0.05) is 18.4 Å². The van der Waals surface area contributed by atoms with E-state index < -0.39 is 0 Å². The first-order valence-corrected chi connectivity index (χ1v) is 9.39. The molecule has 0 atom stereocenters. The third-order valence-electron chi connectivity index (χ3n) is 4.01. The van der Waals surface area contributed by atoms with E-state index in [0.717, 1.165) is 5.75 Å². The second kappa shape index (κ2) is 9.64. The zero-order valence-electron chi connectivity index (χ0n) is 16.4. The summed E-state index contributed by atoms with van der Waals surface area (Å²) in [7, 11) is 0. The number of hydrogen-bond donors (Lipinski definition) is 2. The Bertz CT molecular complexity index is 961. The van der Waals surface area contributed by atoms with Crippen LogP contribution in [0, 0.1) is 5.82 Å². The monoisotopic (exact) mass is 394 g/mol. The second-order valence-electron chi connectivity index (χ2n) is 6.68. The van der Waals surface area contributed by atoms with E-state index in [1.165, 1.54) is 18.3 Å². The molecule has 3 rings (SSSR count). The van der Waals surface area contributed by atoms with Crippen LogP contribution < -0.4 is 15.4 Å². The van der Waals surface area contributed by atoms with Crippen molar-refractivity contribution in [1.29, 1.82) is 0 Å². The highest BCUT2D eigenvalue weighted by Crippen LogP contribution is 2.17. The van der Waals surface area contributed by atoms with Crippen LogP contribution in [0.4, 0.5) is 16.0 Å². The first kappa shape index (κ1) is 20.3. The number of halogens is 1. The van der Waals surface area contributed by atoms with Crippen LogP contribution in [0.3, 0.4) is 0 Å². The standard InChI is InChI=1S/C22H23FN4O2/c1-15(2)29-18-9-7-17(8-10-18)26-21(28)20-12-14-25-22(27-20)24-13-11-16-5-3-4-6-19(16)23/h3-10,12,14-15H,11,13H2,1-2H3,(H,26,28)(H,24,25,27). The van der Waals surface area contributed by atoms with Gasteiger partial charge in [0.25, 0.3) is 5.91 Å². The number of nitrogens with one attached hydrogen (secondary N) is 2. The van der Waals surface area contributed by atoms with Crippen molar-refractivity contribution in [2.45, 2.75) is 26.4 Å². The maximum Gasteiger partial charge on any atom is 0.274 e. The number of carbonyl (C=O) groups excluding carboxylic acids is 1. The number of carbonyl (C=O) groups is 1. The average molecular weight is 394 g/mol. The summed E-state index contributed by atoms with van der Waals surface area (Å²) < 4.78 is 19.2. The molecule has 2 aromatic carbocycles. The van der Waals surface area contributed by atoms with Crippen LogP contribution in [0.1, 0.15) is 29.9 Å². The maximum absolute atomic E-state index is 13.7. The van der Waals surface area contributed by atoms with Crippen molar-refractivity contribution in [2.24, 2.45) is 0 Å². The minimum atomic E-state index is -0.345. The largest absolute Gasteiger partial charge is 0.491 e. The lowest BCUT2D eigenvalue weighted by molar-refractivity contribution is 0.102. The summed E-state index contributed by atoms with van der Waals surface area (Å²) in [5.74, 6) is 0.464. The Morgan fingerprint density at radius 1 is 1.10 bits per heavy atom. The van der Waals surface area contributed by atoms with Crippen molar-refractivity contribution in [2.75, 3.05) is 17.2 Å². The van der Waals surface area contributed by atoms with E-state index in [1.807, 2.05) is 13.8 Å². The van der Waals surface area contributed by atoms with E-state index in [4.69, 9.17) is 4.74 Å². The minimum Gasteiger partial charge on any atom is -0.491 e. The molecule has 0 saturated heterocycles.